The fourth-order valence-electron chi connectivity index (χ4n) is 3.53. The Morgan fingerprint density at radius 1 is 1.12 bits per heavy atom. The number of rotatable bonds is 4. The number of hydrogen-bond acceptors (Lipinski definition) is 3. The first-order valence-corrected chi connectivity index (χ1v) is 8.81. The third kappa shape index (κ3) is 3.08. The van der Waals surface area contributed by atoms with Crippen LogP contribution in [0.25, 0.3) is 5.69 Å². The van der Waals surface area contributed by atoms with Crippen molar-refractivity contribution < 1.29 is 9.53 Å². The first-order valence-electron chi connectivity index (χ1n) is 8.81. The second-order valence-electron chi connectivity index (χ2n) is 6.43. The number of aromatic nitrogens is 2. The van der Waals surface area contributed by atoms with E-state index >= 15 is 0 Å². The Kier molecular flexibility index (Phi) is 4.44. The van der Waals surface area contributed by atoms with Crippen LogP contribution in [0.2, 0.25) is 0 Å². The van der Waals surface area contributed by atoms with Gasteiger partial charge in [0.15, 0.2) is 0 Å². The summed E-state index contributed by atoms with van der Waals surface area (Å²) in [5, 5.41) is 4.22. The second-order valence-corrected chi connectivity index (χ2v) is 6.43. The molecule has 1 fully saturated rings. The van der Waals surface area contributed by atoms with E-state index in [1.165, 1.54) is 0 Å². The number of benzene rings is 2. The summed E-state index contributed by atoms with van der Waals surface area (Å²) in [6, 6.07) is 17.6. The van der Waals surface area contributed by atoms with Crippen LogP contribution in [0.15, 0.2) is 67.0 Å². The Morgan fingerprint density at radius 2 is 1.88 bits per heavy atom. The van der Waals surface area contributed by atoms with E-state index in [4.69, 9.17) is 4.74 Å². The molecule has 0 spiro atoms. The molecule has 1 amide bonds. The van der Waals surface area contributed by atoms with Gasteiger partial charge in [-0.2, -0.15) is 5.10 Å². The third-order valence-electron chi connectivity index (χ3n) is 4.90. The van der Waals surface area contributed by atoms with E-state index in [-0.39, 0.29) is 11.9 Å². The van der Waals surface area contributed by atoms with E-state index in [1.807, 2.05) is 53.6 Å². The molecule has 1 unspecified atom stereocenters. The molecule has 0 saturated carbocycles. The first kappa shape index (κ1) is 16.4. The second kappa shape index (κ2) is 7.04. The predicted octanol–water partition coefficient (Wildman–Crippen LogP) is 3.86. The van der Waals surface area contributed by atoms with Gasteiger partial charge in [-0.05, 0) is 60.9 Å². The molecule has 1 saturated heterocycles. The maximum Gasteiger partial charge on any atom is 0.254 e. The molecule has 1 atom stereocenters. The maximum atomic E-state index is 13.0. The van der Waals surface area contributed by atoms with Gasteiger partial charge in [0.05, 0.1) is 18.8 Å². The molecule has 0 aliphatic carbocycles. The normalized spacial score (nSPS) is 16.7. The van der Waals surface area contributed by atoms with Crippen LogP contribution in [0.1, 0.15) is 34.8 Å². The molecule has 1 aromatic heterocycles. The van der Waals surface area contributed by atoms with Crippen molar-refractivity contribution in [3.8, 4) is 11.4 Å². The quantitative estimate of drug-likeness (QED) is 0.720. The van der Waals surface area contributed by atoms with Crippen molar-refractivity contribution in [1.29, 1.82) is 0 Å². The summed E-state index contributed by atoms with van der Waals surface area (Å²) in [6.45, 7) is 0.788. The van der Waals surface area contributed by atoms with Gasteiger partial charge in [0, 0.05) is 24.5 Å². The predicted molar refractivity (Wildman–Crippen MR) is 99.6 cm³/mol. The first-order chi connectivity index (χ1) is 12.8. The fourth-order valence-corrected chi connectivity index (χ4v) is 3.53. The smallest absolute Gasteiger partial charge is 0.254 e. The molecule has 2 heterocycles. The summed E-state index contributed by atoms with van der Waals surface area (Å²) in [7, 11) is 1.66. The monoisotopic (exact) mass is 347 g/mol. The number of nitrogens with zero attached hydrogens (tertiary/aromatic N) is 3. The number of hydrogen-bond donors (Lipinski definition) is 0. The van der Waals surface area contributed by atoms with Gasteiger partial charge in [0.25, 0.3) is 5.91 Å². The van der Waals surface area contributed by atoms with Gasteiger partial charge in [-0.15, -0.1) is 0 Å². The van der Waals surface area contributed by atoms with Gasteiger partial charge in [-0.3, -0.25) is 4.79 Å². The van der Waals surface area contributed by atoms with Crippen molar-refractivity contribution in [2.24, 2.45) is 0 Å². The average Bonchev–Trinajstić information content (AvgIpc) is 3.40. The Hall–Kier alpha value is -3.08. The highest BCUT2D eigenvalue weighted by Crippen LogP contribution is 2.34. The minimum Gasteiger partial charge on any atom is -0.497 e. The lowest BCUT2D eigenvalue weighted by molar-refractivity contribution is 0.0735. The summed E-state index contributed by atoms with van der Waals surface area (Å²) in [5.74, 6) is 0.911. The lowest BCUT2D eigenvalue weighted by Gasteiger charge is -2.25. The van der Waals surface area contributed by atoms with E-state index in [1.54, 1.807) is 18.0 Å². The molecular weight excluding hydrogens is 326 g/mol. The topological polar surface area (TPSA) is 47.4 Å². The van der Waals surface area contributed by atoms with Crippen molar-refractivity contribution in [2.45, 2.75) is 18.9 Å². The Balaban J connectivity index is 1.54. The van der Waals surface area contributed by atoms with E-state index in [0.29, 0.717) is 5.56 Å². The summed E-state index contributed by atoms with van der Waals surface area (Å²) in [6.07, 6.45) is 5.64. The molecule has 1 aliphatic rings. The lowest BCUT2D eigenvalue weighted by Crippen LogP contribution is -2.30. The van der Waals surface area contributed by atoms with E-state index in [9.17, 15) is 4.79 Å². The number of amides is 1. The zero-order valence-electron chi connectivity index (χ0n) is 14.7. The minimum atomic E-state index is 0.0790. The highest BCUT2D eigenvalue weighted by atomic mass is 16.5. The molecular formula is C21H21N3O2. The lowest BCUT2D eigenvalue weighted by atomic mass is 10.0. The molecule has 0 bridgehead atoms. The van der Waals surface area contributed by atoms with Crippen LogP contribution in [0.3, 0.4) is 0 Å². The SMILES string of the molecule is COc1ccc(C2CCCN2C(=O)c2ccc(-n3cccn3)cc2)cc1. The van der Waals surface area contributed by atoms with Gasteiger partial charge in [0.2, 0.25) is 0 Å². The van der Waals surface area contributed by atoms with E-state index < -0.39 is 0 Å². The Labute approximate surface area is 152 Å². The number of carbonyl (C=O) groups is 1. The third-order valence-corrected chi connectivity index (χ3v) is 4.90. The van der Waals surface area contributed by atoms with Crippen LogP contribution in [0.4, 0.5) is 0 Å². The van der Waals surface area contributed by atoms with Gasteiger partial charge in [0.1, 0.15) is 5.75 Å². The Bertz CT molecular complexity index is 871. The molecule has 3 aromatic rings. The molecule has 5 heteroatoms. The summed E-state index contributed by atoms with van der Waals surface area (Å²) in [4.78, 5) is 15.0. The standard InChI is InChI=1S/C21H21N3O2/c1-26-19-11-7-16(8-12-19)20-4-2-14-23(20)21(25)17-5-9-18(10-6-17)24-15-3-13-22-24/h3,5-13,15,20H,2,4,14H2,1H3. The van der Waals surface area contributed by atoms with Gasteiger partial charge < -0.3 is 9.64 Å². The zero-order valence-corrected chi connectivity index (χ0v) is 14.7. The molecule has 132 valence electrons. The molecule has 2 aromatic carbocycles. The van der Waals surface area contributed by atoms with Crippen molar-refractivity contribution in [3.05, 3.63) is 78.1 Å². The highest BCUT2D eigenvalue weighted by molar-refractivity contribution is 5.94. The summed E-state index contributed by atoms with van der Waals surface area (Å²) >= 11 is 0. The highest BCUT2D eigenvalue weighted by Gasteiger charge is 2.30. The van der Waals surface area contributed by atoms with Crippen molar-refractivity contribution in [2.75, 3.05) is 13.7 Å². The van der Waals surface area contributed by atoms with Crippen molar-refractivity contribution in [3.63, 3.8) is 0 Å². The number of carbonyl (C=O) groups excluding carboxylic acids is 1. The van der Waals surface area contributed by atoms with Gasteiger partial charge in [-0.25, -0.2) is 4.68 Å². The zero-order chi connectivity index (χ0) is 17.9. The summed E-state index contributed by atoms with van der Waals surface area (Å²) in [5.41, 5.74) is 2.81. The van der Waals surface area contributed by atoms with Crippen LogP contribution in [0.5, 0.6) is 5.75 Å². The molecule has 5 nitrogen and oxygen atoms in total. The van der Waals surface area contributed by atoms with Crippen molar-refractivity contribution >= 4 is 5.91 Å². The summed E-state index contributed by atoms with van der Waals surface area (Å²) < 4.78 is 7.01. The minimum absolute atomic E-state index is 0.0790. The largest absolute Gasteiger partial charge is 0.497 e. The van der Waals surface area contributed by atoms with Crippen LogP contribution < -0.4 is 4.74 Å². The van der Waals surface area contributed by atoms with Crippen LogP contribution in [0, 0.1) is 0 Å². The number of likely N-dealkylation sites (tertiary alicyclic amines) is 1. The molecule has 4 rings (SSSR count). The van der Waals surface area contributed by atoms with Gasteiger partial charge >= 0.3 is 0 Å². The van der Waals surface area contributed by atoms with E-state index in [2.05, 4.69) is 17.2 Å². The van der Waals surface area contributed by atoms with Crippen molar-refractivity contribution in [1.82, 2.24) is 14.7 Å². The Morgan fingerprint density at radius 3 is 2.54 bits per heavy atom. The number of ether oxygens (including phenoxy) is 1. The van der Waals surface area contributed by atoms with Crippen LogP contribution in [-0.4, -0.2) is 34.2 Å². The number of methoxy groups -OCH3 is 1. The van der Waals surface area contributed by atoms with Crippen LogP contribution >= 0.6 is 0 Å². The van der Waals surface area contributed by atoms with E-state index in [0.717, 1.165) is 36.4 Å². The fraction of sp³-hybridized carbons (Fsp3) is 0.238. The van der Waals surface area contributed by atoms with Crippen LogP contribution in [-0.2, 0) is 0 Å². The molecule has 0 N–H and O–H groups in total. The molecule has 26 heavy (non-hydrogen) atoms. The molecule has 1 aliphatic heterocycles. The van der Waals surface area contributed by atoms with Gasteiger partial charge in [-0.1, -0.05) is 12.1 Å². The molecule has 0 radical (unpaired) electrons. The maximum absolute atomic E-state index is 13.0. The average molecular weight is 347 g/mol.